The van der Waals surface area contributed by atoms with Crippen LogP contribution in [0.15, 0.2) is 27.4 Å². The number of Topliss-reactive ketones (excluding diaryl/α,β-unsaturated/α-hetero) is 1. The van der Waals surface area contributed by atoms with Gasteiger partial charge in [0.05, 0.1) is 5.39 Å². The average Bonchev–Trinajstić information content (AvgIpc) is 2.45. The second-order valence-electron chi connectivity index (χ2n) is 5.25. The number of hydrogen-bond donors (Lipinski definition) is 1. The number of phenols is 1. The molecule has 21 heavy (non-hydrogen) atoms. The van der Waals surface area contributed by atoms with E-state index in [1.54, 1.807) is 0 Å². The van der Waals surface area contributed by atoms with Gasteiger partial charge in [-0.3, -0.25) is 9.59 Å². The zero-order chi connectivity index (χ0) is 15.6. The molecule has 5 heteroatoms. The highest BCUT2D eigenvalue weighted by Gasteiger charge is 2.16. The Hall–Kier alpha value is -2.17. The zero-order valence-corrected chi connectivity index (χ0v) is 12.0. The van der Waals surface area contributed by atoms with E-state index < -0.39 is 17.0 Å². The molecule has 1 heterocycles. The molecule has 0 fully saturated rings. The molecule has 0 aliphatic rings. The maximum Gasteiger partial charge on any atom is 0.198 e. The standard InChI is InChI=1S/C16H17FO4/c1-3-9(2)4-5-12(18)15-8-13(19)11-6-10(17)7-14(20)16(11)21-15/h6-9,20H,3-5H2,1-2H3. The van der Waals surface area contributed by atoms with E-state index in [-0.39, 0.29) is 28.9 Å². The molecule has 4 nitrogen and oxygen atoms in total. The Morgan fingerprint density at radius 3 is 2.76 bits per heavy atom. The summed E-state index contributed by atoms with van der Waals surface area (Å²) >= 11 is 0. The number of carbonyl (C=O) groups is 1. The van der Waals surface area contributed by atoms with Crippen LogP contribution in [-0.2, 0) is 0 Å². The Kier molecular flexibility index (Phi) is 4.40. The largest absolute Gasteiger partial charge is 0.504 e. The minimum absolute atomic E-state index is 0.0778. The summed E-state index contributed by atoms with van der Waals surface area (Å²) in [6.07, 6.45) is 1.94. The predicted molar refractivity (Wildman–Crippen MR) is 77.1 cm³/mol. The second-order valence-corrected chi connectivity index (χ2v) is 5.25. The van der Waals surface area contributed by atoms with Gasteiger partial charge in [0.15, 0.2) is 28.3 Å². The third kappa shape index (κ3) is 3.29. The van der Waals surface area contributed by atoms with E-state index in [1.165, 1.54) is 0 Å². The Morgan fingerprint density at radius 2 is 2.10 bits per heavy atom. The molecular formula is C16H17FO4. The molecule has 1 aromatic heterocycles. The lowest BCUT2D eigenvalue weighted by molar-refractivity contribution is 0.0948. The zero-order valence-electron chi connectivity index (χ0n) is 12.0. The van der Waals surface area contributed by atoms with Gasteiger partial charge in [0.25, 0.3) is 0 Å². The van der Waals surface area contributed by atoms with Gasteiger partial charge in [-0.1, -0.05) is 20.3 Å². The molecule has 2 rings (SSSR count). The molecule has 1 atom stereocenters. The molecule has 2 aromatic rings. The lowest BCUT2D eigenvalue weighted by Gasteiger charge is -2.07. The summed E-state index contributed by atoms with van der Waals surface area (Å²) in [5.41, 5.74) is -0.700. The Labute approximate surface area is 121 Å². The highest BCUT2D eigenvalue weighted by atomic mass is 19.1. The lowest BCUT2D eigenvalue weighted by atomic mass is 10.0. The highest BCUT2D eigenvalue weighted by Crippen LogP contribution is 2.25. The summed E-state index contributed by atoms with van der Waals surface area (Å²) in [5, 5.41) is 9.58. The van der Waals surface area contributed by atoms with Gasteiger partial charge in [-0.05, 0) is 18.4 Å². The van der Waals surface area contributed by atoms with Crippen LogP contribution in [0, 0.1) is 11.7 Å². The normalized spacial score (nSPS) is 12.5. The number of carbonyl (C=O) groups excluding carboxylic acids is 1. The van der Waals surface area contributed by atoms with Gasteiger partial charge in [-0.25, -0.2) is 4.39 Å². The first-order chi connectivity index (χ1) is 9.92. The van der Waals surface area contributed by atoms with E-state index >= 15 is 0 Å². The molecule has 0 saturated heterocycles. The minimum atomic E-state index is -0.733. The van der Waals surface area contributed by atoms with Crippen LogP contribution in [0.3, 0.4) is 0 Å². The molecule has 0 bridgehead atoms. The van der Waals surface area contributed by atoms with E-state index in [4.69, 9.17) is 4.42 Å². The van der Waals surface area contributed by atoms with Crippen molar-refractivity contribution in [3.8, 4) is 5.75 Å². The van der Waals surface area contributed by atoms with Crippen molar-refractivity contribution in [2.45, 2.75) is 33.1 Å². The summed E-state index contributed by atoms with van der Waals surface area (Å²) in [6.45, 7) is 4.08. The fourth-order valence-corrected chi connectivity index (χ4v) is 2.05. The number of phenolic OH excluding ortho intramolecular Hbond substituents is 1. The number of hydrogen-bond acceptors (Lipinski definition) is 4. The Bertz CT molecular complexity index is 733. The quantitative estimate of drug-likeness (QED) is 0.854. The fourth-order valence-electron chi connectivity index (χ4n) is 2.05. The van der Waals surface area contributed by atoms with Crippen LogP contribution < -0.4 is 5.43 Å². The van der Waals surface area contributed by atoms with Crippen LogP contribution >= 0.6 is 0 Å². The van der Waals surface area contributed by atoms with Crippen LogP contribution in [0.2, 0.25) is 0 Å². The number of aromatic hydroxyl groups is 1. The molecular weight excluding hydrogens is 275 g/mol. The Morgan fingerprint density at radius 1 is 1.38 bits per heavy atom. The maximum atomic E-state index is 13.2. The van der Waals surface area contributed by atoms with Gasteiger partial charge in [0.1, 0.15) is 5.82 Å². The monoisotopic (exact) mass is 292 g/mol. The first kappa shape index (κ1) is 15.2. The first-order valence-electron chi connectivity index (χ1n) is 6.92. The summed E-state index contributed by atoms with van der Waals surface area (Å²) in [4.78, 5) is 24.0. The van der Waals surface area contributed by atoms with E-state index in [0.29, 0.717) is 12.3 Å². The Balaban J connectivity index is 2.38. The van der Waals surface area contributed by atoms with Crippen LogP contribution in [0.1, 0.15) is 43.7 Å². The van der Waals surface area contributed by atoms with Crippen LogP contribution in [0.4, 0.5) is 4.39 Å². The summed E-state index contributed by atoms with van der Waals surface area (Å²) in [6, 6.07) is 2.88. The van der Waals surface area contributed by atoms with Gasteiger partial charge < -0.3 is 9.52 Å². The molecule has 1 unspecified atom stereocenters. The van der Waals surface area contributed by atoms with Crippen LogP contribution in [0.25, 0.3) is 11.0 Å². The van der Waals surface area contributed by atoms with Gasteiger partial charge in [0.2, 0.25) is 0 Å². The average molecular weight is 292 g/mol. The molecule has 1 aromatic carbocycles. The molecule has 0 radical (unpaired) electrons. The van der Waals surface area contributed by atoms with Crippen molar-refractivity contribution in [3.63, 3.8) is 0 Å². The number of halogens is 1. The highest BCUT2D eigenvalue weighted by molar-refractivity contribution is 5.95. The SMILES string of the molecule is CCC(C)CCC(=O)c1cc(=O)c2cc(F)cc(O)c2o1. The third-order valence-electron chi connectivity index (χ3n) is 3.61. The van der Waals surface area contributed by atoms with Crippen molar-refractivity contribution >= 4 is 16.8 Å². The third-order valence-corrected chi connectivity index (χ3v) is 3.61. The van der Waals surface area contributed by atoms with Crippen molar-refractivity contribution in [2.24, 2.45) is 5.92 Å². The first-order valence-corrected chi connectivity index (χ1v) is 6.92. The van der Waals surface area contributed by atoms with Gasteiger partial charge in [-0.15, -0.1) is 0 Å². The van der Waals surface area contributed by atoms with Gasteiger partial charge >= 0.3 is 0 Å². The van der Waals surface area contributed by atoms with Crippen molar-refractivity contribution in [1.82, 2.24) is 0 Å². The van der Waals surface area contributed by atoms with Crippen LogP contribution in [-0.4, -0.2) is 10.9 Å². The topological polar surface area (TPSA) is 67.5 Å². The summed E-state index contributed by atoms with van der Waals surface area (Å²) < 4.78 is 18.5. The van der Waals surface area contributed by atoms with Gasteiger partial charge in [0, 0.05) is 18.6 Å². The van der Waals surface area contributed by atoms with E-state index in [1.807, 2.05) is 13.8 Å². The van der Waals surface area contributed by atoms with E-state index in [9.17, 15) is 19.1 Å². The maximum absolute atomic E-state index is 13.2. The fraction of sp³-hybridized carbons (Fsp3) is 0.375. The molecule has 1 N–H and O–H groups in total. The molecule has 0 amide bonds. The smallest absolute Gasteiger partial charge is 0.198 e. The molecule has 0 aliphatic carbocycles. The van der Waals surface area contributed by atoms with Crippen molar-refractivity contribution in [1.29, 1.82) is 0 Å². The summed E-state index contributed by atoms with van der Waals surface area (Å²) in [7, 11) is 0. The number of ketones is 1. The number of benzene rings is 1. The van der Waals surface area contributed by atoms with Crippen LogP contribution in [0.5, 0.6) is 5.75 Å². The molecule has 112 valence electrons. The number of fused-ring (bicyclic) bond motifs is 1. The van der Waals surface area contributed by atoms with Crippen molar-refractivity contribution < 1.29 is 18.7 Å². The van der Waals surface area contributed by atoms with Crippen molar-refractivity contribution in [2.75, 3.05) is 0 Å². The number of rotatable bonds is 5. The molecule has 0 saturated carbocycles. The summed E-state index contributed by atoms with van der Waals surface area (Å²) in [5.74, 6) is -1.21. The van der Waals surface area contributed by atoms with E-state index in [0.717, 1.165) is 24.6 Å². The van der Waals surface area contributed by atoms with Crippen molar-refractivity contribution in [3.05, 3.63) is 40.0 Å². The predicted octanol–water partition coefficient (Wildman–Crippen LogP) is 3.65. The molecule has 0 spiro atoms. The van der Waals surface area contributed by atoms with Gasteiger partial charge in [-0.2, -0.15) is 0 Å². The molecule has 0 aliphatic heterocycles. The minimum Gasteiger partial charge on any atom is -0.504 e. The van der Waals surface area contributed by atoms with E-state index in [2.05, 4.69) is 0 Å². The second kappa shape index (κ2) is 6.08. The lowest BCUT2D eigenvalue weighted by Crippen LogP contribution is -2.08.